The molecule has 0 N–H and O–H groups in total. The minimum Gasteiger partial charge on any atom is -0.290 e. The van der Waals surface area contributed by atoms with Crippen LogP contribution in [-0.2, 0) is 4.79 Å². The van der Waals surface area contributed by atoms with Gasteiger partial charge >= 0.3 is 0 Å². The second kappa shape index (κ2) is 7.73. The van der Waals surface area contributed by atoms with E-state index in [1.165, 1.54) is 6.08 Å². The van der Waals surface area contributed by atoms with Crippen molar-refractivity contribution >= 4 is 5.78 Å². The van der Waals surface area contributed by atoms with E-state index >= 15 is 0 Å². The summed E-state index contributed by atoms with van der Waals surface area (Å²) in [5.74, 6) is -0.0833. The summed E-state index contributed by atoms with van der Waals surface area (Å²) in [6, 6.07) is 0. The molecule has 0 fully saturated rings. The van der Waals surface area contributed by atoms with E-state index in [2.05, 4.69) is 26.3 Å². The van der Waals surface area contributed by atoms with Gasteiger partial charge in [-0.1, -0.05) is 38.0 Å². The Morgan fingerprint density at radius 3 is 1.42 bits per heavy atom. The summed E-state index contributed by atoms with van der Waals surface area (Å²) in [4.78, 5) is 10.3. The summed E-state index contributed by atoms with van der Waals surface area (Å²) in [5.41, 5.74) is 1.56. The third kappa shape index (κ3) is 11.4. The SMILES string of the molecule is C=CC(=C)C.C=CC(=O)C(=C)C. The van der Waals surface area contributed by atoms with Gasteiger partial charge in [0.15, 0.2) is 5.78 Å². The lowest BCUT2D eigenvalue weighted by Crippen LogP contribution is -1.89. The first-order valence-corrected chi connectivity index (χ1v) is 3.56. The Morgan fingerprint density at radius 1 is 1.08 bits per heavy atom. The molecule has 0 rings (SSSR count). The predicted octanol–water partition coefficient (Wildman–Crippen LogP) is 3.07. The maximum Gasteiger partial charge on any atom is 0.180 e. The zero-order chi connectivity index (χ0) is 10.1. The monoisotopic (exact) mass is 164 g/mol. The van der Waals surface area contributed by atoms with E-state index in [0.717, 1.165) is 5.57 Å². The normalized spacial score (nSPS) is 7.17. The molecule has 0 aromatic rings. The van der Waals surface area contributed by atoms with Crippen LogP contribution in [-0.4, -0.2) is 5.78 Å². The third-order valence-corrected chi connectivity index (χ3v) is 0.954. The lowest BCUT2D eigenvalue weighted by atomic mass is 10.2. The first-order chi connectivity index (χ1) is 5.45. The second-order valence-electron chi connectivity index (χ2n) is 2.40. The molecule has 0 unspecified atom stereocenters. The number of allylic oxidation sites excluding steroid dienone is 4. The van der Waals surface area contributed by atoms with Crippen molar-refractivity contribution in [3.8, 4) is 0 Å². The summed E-state index contributed by atoms with van der Waals surface area (Å²) in [6.45, 7) is 17.3. The highest BCUT2D eigenvalue weighted by Crippen LogP contribution is 1.87. The number of hydrogen-bond acceptors (Lipinski definition) is 1. The number of rotatable bonds is 3. The molecule has 0 bridgehead atoms. The van der Waals surface area contributed by atoms with Crippen LogP contribution in [0.25, 0.3) is 0 Å². The predicted molar refractivity (Wildman–Crippen MR) is 55.0 cm³/mol. The van der Waals surface area contributed by atoms with Crippen LogP contribution in [0.4, 0.5) is 0 Å². The first-order valence-electron chi connectivity index (χ1n) is 3.56. The molecule has 66 valence electrons. The highest BCUT2D eigenvalue weighted by molar-refractivity contribution is 6.02. The van der Waals surface area contributed by atoms with Gasteiger partial charge in [0, 0.05) is 0 Å². The molecule has 12 heavy (non-hydrogen) atoms. The molecular weight excluding hydrogens is 148 g/mol. The highest BCUT2D eigenvalue weighted by atomic mass is 16.1. The summed E-state index contributed by atoms with van der Waals surface area (Å²) >= 11 is 0. The smallest absolute Gasteiger partial charge is 0.180 e. The molecule has 0 aliphatic carbocycles. The van der Waals surface area contributed by atoms with Crippen molar-refractivity contribution in [1.29, 1.82) is 0 Å². The molecule has 0 saturated heterocycles. The van der Waals surface area contributed by atoms with Crippen LogP contribution in [0.2, 0.25) is 0 Å². The maximum atomic E-state index is 10.3. The number of carbonyl (C=O) groups is 1. The Labute approximate surface area is 74.8 Å². The zero-order valence-corrected chi connectivity index (χ0v) is 7.89. The molecule has 0 aliphatic rings. The number of carbonyl (C=O) groups excluding carboxylic acids is 1. The molecule has 0 spiro atoms. The maximum absolute atomic E-state index is 10.3. The highest BCUT2D eigenvalue weighted by Gasteiger charge is 1.90. The van der Waals surface area contributed by atoms with Crippen LogP contribution < -0.4 is 0 Å². The minimum absolute atomic E-state index is 0.0833. The molecule has 1 nitrogen and oxygen atoms in total. The Hall–Kier alpha value is -1.37. The fourth-order valence-electron chi connectivity index (χ4n) is 0.174. The molecule has 0 aromatic carbocycles. The van der Waals surface area contributed by atoms with Crippen molar-refractivity contribution in [1.82, 2.24) is 0 Å². The van der Waals surface area contributed by atoms with E-state index in [-0.39, 0.29) is 5.78 Å². The van der Waals surface area contributed by atoms with Gasteiger partial charge in [-0.25, -0.2) is 0 Å². The largest absolute Gasteiger partial charge is 0.290 e. The summed E-state index contributed by atoms with van der Waals surface area (Å²) in [7, 11) is 0. The van der Waals surface area contributed by atoms with Gasteiger partial charge < -0.3 is 0 Å². The molecule has 0 aromatic heterocycles. The van der Waals surface area contributed by atoms with Gasteiger partial charge in [-0.2, -0.15) is 0 Å². The Balaban J connectivity index is 0. The molecule has 0 heterocycles. The van der Waals surface area contributed by atoms with E-state index < -0.39 is 0 Å². The van der Waals surface area contributed by atoms with Crippen LogP contribution in [0, 0.1) is 0 Å². The molecule has 0 atom stereocenters. The van der Waals surface area contributed by atoms with Gasteiger partial charge in [0.25, 0.3) is 0 Å². The van der Waals surface area contributed by atoms with E-state index in [1.54, 1.807) is 13.0 Å². The van der Waals surface area contributed by atoms with Crippen molar-refractivity contribution in [2.75, 3.05) is 0 Å². The average molecular weight is 164 g/mol. The summed E-state index contributed by atoms with van der Waals surface area (Å²) in [6.07, 6.45) is 2.97. The van der Waals surface area contributed by atoms with Crippen LogP contribution in [0.5, 0.6) is 0 Å². The Morgan fingerprint density at radius 2 is 1.42 bits per heavy atom. The molecule has 0 radical (unpaired) electrons. The molecular formula is C11H16O. The fraction of sp³-hybridized carbons (Fsp3) is 0.182. The van der Waals surface area contributed by atoms with Gasteiger partial charge in [0.2, 0.25) is 0 Å². The van der Waals surface area contributed by atoms with Gasteiger partial charge in [0.1, 0.15) is 0 Å². The Bertz CT molecular complexity index is 209. The lowest BCUT2D eigenvalue weighted by Gasteiger charge is -1.83. The zero-order valence-electron chi connectivity index (χ0n) is 7.89. The first kappa shape index (κ1) is 13.2. The quantitative estimate of drug-likeness (QED) is 0.463. The molecule has 0 saturated carbocycles. The second-order valence-corrected chi connectivity index (χ2v) is 2.40. The van der Waals surface area contributed by atoms with Crippen LogP contribution >= 0.6 is 0 Å². The van der Waals surface area contributed by atoms with Gasteiger partial charge in [-0.05, 0) is 25.5 Å². The number of ketones is 1. The van der Waals surface area contributed by atoms with Crippen LogP contribution in [0.3, 0.4) is 0 Å². The van der Waals surface area contributed by atoms with Crippen molar-refractivity contribution in [3.63, 3.8) is 0 Å². The molecule has 0 aliphatic heterocycles. The topological polar surface area (TPSA) is 17.1 Å². The van der Waals surface area contributed by atoms with Gasteiger partial charge in [0.05, 0.1) is 0 Å². The minimum atomic E-state index is -0.0833. The number of hydrogen-bond donors (Lipinski definition) is 0. The van der Waals surface area contributed by atoms with Crippen molar-refractivity contribution in [3.05, 3.63) is 49.6 Å². The fourth-order valence-corrected chi connectivity index (χ4v) is 0.174. The van der Waals surface area contributed by atoms with Crippen LogP contribution in [0.1, 0.15) is 13.8 Å². The molecule has 1 heteroatoms. The van der Waals surface area contributed by atoms with E-state index in [9.17, 15) is 4.79 Å². The van der Waals surface area contributed by atoms with E-state index in [4.69, 9.17) is 0 Å². The van der Waals surface area contributed by atoms with E-state index in [1.807, 2.05) is 6.92 Å². The van der Waals surface area contributed by atoms with Gasteiger partial charge in [-0.15, -0.1) is 0 Å². The third-order valence-electron chi connectivity index (χ3n) is 0.954. The summed E-state index contributed by atoms with van der Waals surface area (Å²) in [5, 5.41) is 0. The lowest BCUT2D eigenvalue weighted by molar-refractivity contribution is -0.111. The van der Waals surface area contributed by atoms with Gasteiger partial charge in [-0.3, -0.25) is 4.79 Å². The van der Waals surface area contributed by atoms with E-state index in [0.29, 0.717) is 5.57 Å². The van der Waals surface area contributed by atoms with Crippen LogP contribution in [0.15, 0.2) is 49.6 Å². The molecule has 0 amide bonds. The standard InChI is InChI=1S/C6H8O.C5H8/c1-4-6(7)5(2)3;1-4-5(2)3/h4H,1-2H2,3H3;4H,1-2H2,3H3. The van der Waals surface area contributed by atoms with Crippen molar-refractivity contribution in [2.24, 2.45) is 0 Å². The van der Waals surface area contributed by atoms with Crippen molar-refractivity contribution in [2.45, 2.75) is 13.8 Å². The Kier molecular flexibility index (Phi) is 8.53. The van der Waals surface area contributed by atoms with Crippen molar-refractivity contribution < 1.29 is 4.79 Å². The summed E-state index contributed by atoms with van der Waals surface area (Å²) < 4.78 is 0. The average Bonchev–Trinajstić information content (AvgIpc) is 2.04.